The van der Waals surface area contributed by atoms with Crippen molar-refractivity contribution in [1.82, 2.24) is 0 Å². The molecular weight excluding hydrogens is 382 g/mol. The highest BCUT2D eigenvalue weighted by molar-refractivity contribution is 6.51. The lowest BCUT2D eigenvalue weighted by Gasteiger charge is -2.25. The van der Waals surface area contributed by atoms with E-state index in [1.54, 1.807) is 60.7 Å². The highest BCUT2D eigenvalue weighted by atomic mass is 16.5. The van der Waals surface area contributed by atoms with Gasteiger partial charge in [0.2, 0.25) is 0 Å². The number of para-hydroxylation sites is 1. The van der Waals surface area contributed by atoms with Gasteiger partial charge in [0.25, 0.3) is 11.7 Å². The van der Waals surface area contributed by atoms with E-state index in [0.717, 1.165) is 0 Å². The van der Waals surface area contributed by atoms with E-state index in [9.17, 15) is 19.8 Å². The lowest BCUT2D eigenvalue weighted by atomic mass is 9.95. The Morgan fingerprint density at radius 2 is 1.53 bits per heavy atom. The summed E-state index contributed by atoms with van der Waals surface area (Å²) >= 11 is 0. The van der Waals surface area contributed by atoms with Crippen LogP contribution in [0.2, 0.25) is 0 Å². The van der Waals surface area contributed by atoms with E-state index in [-0.39, 0.29) is 17.1 Å². The van der Waals surface area contributed by atoms with E-state index >= 15 is 0 Å². The number of hydrogen-bond acceptors (Lipinski definition) is 5. The number of phenols is 1. The standard InChI is InChI=1S/C24H19NO5/c1-30-19-13-9-16(10-14-19)22(27)20-21(15-7-11-18(26)12-8-15)25(24(29)23(20)28)17-5-3-2-4-6-17/h2-14,21,26-27H,1H3/b22-20-. The van der Waals surface area contributed by atoms with Crippen LogP contribution in [0.1, 0.15) is 17.2 Å². The third-order valence-corrected chi connectivity index (χ3v) is 5.05. The summed E-state index contributed by atoms with van der Waals surface area (Å²) in [6.07, 6.45) is 0. The summed E-state index contributed by atoms with van der Waals surface area (Å²) in [5.41, 5.74) is 1.50. The summed E-state index contributed by atoms with van der Waals surface area (Å²) in [7, 11) is 1.53. The van der Waals surface area contributed by atoms with Gasteiger partial charge in [0.05, 0.1) is 18.7 Å². The van der Waals surface area contributed by atoms with Gasteiger partial charge in [0, 0.05) is 11.3 Å². The molecule has 0 radical (unpaired) electrons. The topological polar surface area (TPSA) is 87.1 Å². The number of ketones is 1. The van der Waals surface area contributed by atoms with Gasteiger partial charge in [-0.1, -0.05) is 30.3 Å². The van der Waals surface area contributed by atoms with E-state index in [2.05, 4.69) is 0 Å². The number of anilines is 1. The van der Waals surface area contributed by atoms with Crippen molar-refractivity contribution in [3.05, 3.63) is 95.6 Å². The molecule has 6 nitrogen and oxygen atoms in total. The van der Waals surface area contributed by atoms with Crippen LogP contribution in [-0.2, 0) is 9.59 Å². The average molecular weight is 401 g/mol. The number of carbonyl (C=O) groups is 2. The van der Waals surface area contributed by atoms with Crippen molar-refractivity contribution in [2.45, 2.75) is 6.04 Å². The number of aliphatic hydroxyl groups is 1. The quantitative estimate of drug-likeness (QED) is 0.392. The molecular formula is C24H19NO5. The molecule has 1 saturated heterocycles. The SMILES string of the molecule is COc1ccc(/C(O)=C2/C(=O)C(=O)N(c3ccccc3)C2c2ccc(O)cc2)cc1. The molecule has 1 aliphatic rings. The second kappa shape index (κ2) is 7.75. The van der Waals surface area contributed by atoms with Crippen LogP contribution in [0.4, 0.5) is 5.69 Å². The number of ether oxygens (including phenoxy) is 1. The summed E-state index contributed by atoms with van der Waals surface area (Å²) in [5.74, 6) is -1.11. The van der Waals surface area contributed by atoms with Gasteiger partial charge < -0.3 is 14.9 Å². The van der Waals surface area contributed by atoms with Crippen LogP contribution in [0.25, 0.3) is 5.76 Å². The number of phenolic OH excluding ortho intramolecular Hbond substituents is 1. The third-order valence-electron chi connectivity index (χ3n) is 5.05. The number of methoxy groups -OCH3 is 1. The zero-order valence-corrected chi connectivity index (χ0v) is 16.1. The number of Topliss-reactive ketones (excluding diaryl/α,β-unsaturated/α-hetero) is 1. The van der Waals surface area contributed by atoms with Crippen LogP contribution >= 0.6 is 0 Å². The zero-order valence-electron chi connectivity index (χ0n) is 16.1. The largest absolute Gasteiger partial charge is 0.508 e. The van der Waals surface area contributed by atoms with Crippen LogP contribution in [0.15, 0.2) is 84.4 Å². The molecule has 1 fully saturated rings. The summed E-state index contributed by atoms with van der Waals surface area (Å²) in [4.78, 5) is 27.3. The Kier molecular flexibility index (Phi) is 4.98. The first-order valence-electron chi connectivity index (χ1n) is 9.30. The minimum atomic E-state index is -0.838. The molecule has 1 amide bonds. The molecule has 1 aliphatic heterocycles. The van der Waals surface area contributed by atoms with Crippen molar-refractivity contribution >= 4 is 23.1 Å². The minimum absolute atomic E-state index is 0.0142. The fourth-order valence-corrected chi connectivity index (χ4v) is 3.56. The Balaban J connectivity index is 1.91. The predicted molar refractivity (Wildman–Crippen MR) is 112 cm³/mol. The Hall–Kier alpha value is -4.06. The molecule has 1 unspecified atom stereocenters. The lowest BCUT2D eigenvalue weighted by molar-refractivity contribution is -0.132. The highest BCUT2D eigenvalue weighted by Crippen LogP contribution is 2.42. The molecule has 0 bridgehead atoms. The summed E-state index contributed by atoms with van der Waals surface area (Å²) in [6, 6.07) is 20.8. The number of carbonyl (C=O) groups excluding carboxylic acids is 2. The Morgan fingerprint density at radius 3 is 2.13 bits per heavy atom. The number of rotatable bonds is 4. The van der Waals surface area contributed by atoms with Crippen molar-refractivity contribution < 1.29 is 24.5 Å². The van der Waals surface area contributed by atoms with Crippen LogP contribution in [0.5, 0.6) is 11.5 Å². The Labute approximate surface area is 173 Å². The van der Waals surface area contributed by atoms with Crippen LogP contribution in [0, 0.1) is 0 Å². The fourth-order valence-electron chi connectivity index (χ4n) is 3.56. The lowest BCUT2D eigenvalue weighted by Crippen LogP contribution is -2.29. The second-order valence-electron chi connectivity index (χ2n) is 6.82. The number of benzene rings is 3. The highest BCUT2D eigenvalue weighted by Gasteiger charge is 2.46. The maximum absolute atomic E-state index is 13.0. The van der Waals surface area contributed by atoms with E-state index in [1.165, 1.54) is 24.1 Å². The zero-order chi connectivity index (χ0) is 21.3. The molecule has 4 rings (SSSR count). The molecule has 0 spiro atoms. The predicted octanol–water partition coefficient (Wildman–Crippen LogP) is 4.03. The van der Waals surface area contributed by atoms with Gasteiger partial charge in [-0.15, -0.1) is 0 Å². The maximum Gasteiger partial charge on any atom is 0.300 e. The van der Waals surface area contributed by atoms with Crippen molar-refractivity contribution in [3.8, 4) is 11.5 Å². The molecule has 6 heteroatoms. The molecule has 0 saturated carbocycles. The van der Waals surface area contributed by atoms with Gasteiger partial charge in [-0.3, -0.25) is 14.5 Å². The molecule has 1 atom stereocenters. The van der Waals surface area contributed by atoms with E-state index in [0.29, 0.717) is 22.6 Å². The molecule has 3 aromatic rings. The summed E-state index contributed by atoms with van der Waals surface area (Å²) in [5, 5.41) is 20.7. The Morgan fingerprint density at radius 1 is 0.900 bits per heavy atom. The van der Waals surface area contributed by atoms with Gasteiger partial charge in [-0.2, -0.15) is 0 Å². The van der Waals surface area contributed by atoms with Gasteiger partial charge in [0.1, 0.15) is 17.3 Å². The molecule has 30 heavy (non-hydrogen) atoms. The number of amides is 1. The minimum Gasteiger partial charge on any atom is -0.508 e. The first-order chi connectivity index (χ1) is 14.5. The van der Waals surface area contributed by atoms with Crippen LogP contribution in [0.3, 0.4) is 0 Å². The second-order valence-corrected chi connectivity index (χ2v) is 6.82. The smallest absolute Gasteiger partial charge is 0.300 e. The summed E-state index contributed by atoms with van der Waals surface area (Å²) in [6.45, 7) is 0. The number of aromatic hydroxyl groups is 1. The molecule has 1 heterocycles. The summed E-state index contributed by atoms with van der Waals surface area (Å²) < 4.78 is 5.14. The van der Waals surface area contributed by atoms with E-state index in [4.69, 9.17) is 4.74 Å². The van der Waals surface area contributed by atoms with Crippen LogP contribution in [-0.4, -0.2) is 29.0 Å². The molecule has 0 aromatic heterocycles. The molecule has 2 N–H and O–H groups in total. The number of nitrogens with zero attached hydrogens (tertiary/aromatic N) is 1. The monoisotopic (exact) mass is 401 g/mol. The van der Waals surface area contributed by atoms with Gasteiger partial charge in [-0.25, -0.2) is 0 Å². The van der Waals surface area contributed by atoms with Crippen LogP contribution < -0.4 is 9.64 Å². The van der Waals surface area contributed by atoms with Gasteiger partial charge in [-0.05, 0) is 54.1 Å². The maximum atomic E-state index is 13.0. The van der Waals surface area contributed by atoms with E-state index in [1.807, 2.05) is 6.07 Å². The van der Waals surface area contributed by atoms with Crippen molar-refractivity contribution in [3.63, 3.8) is 0 Å². The van der Waals surface area contributed by atoms with E-state index < -0.39 is 17.7 Å². The van der Waals surface area contributed by atoms with Crippen molar-refractivity contribution in [2.24, 2.45) is 0 Å². The third kappa shape index (κ3) is 3.28. The van der Waals surface area contributed by atoms with Crippen molar-refractivity contribution in [2.75, 3.05) is 12.0 Å². The first kappa shape index (κ1) is 19.3. The molecule has 0 aliphatic carbocycles. The average Bonchev–Trinajstić information content (AvgIpc) is 3.05. The van der Waals surface area contributed by atoms with Crippen molar-refractivity contribution in [1.29, 1.82) is 0 Å². The fraction of sp³-hybridized carbons (Fsp3) is 0.0833. The Bertz CT molecular complexity index is 1120. The number of hydrogen-bond donors (Lipinski definition) is 2. The molecule has 3 aromatic carbocycles. The normalized spacial score (nSPS) is 17.9. The molecule has 150 valence electrons. The van der Waals surface area contributed by atoms with Gasteiger partial charge >= 0.3 is 0 Å². The first-order valence-corrected chi connectivity index (χ1v) is 9.30. The number of aliphatic hydroxyl groups excluding tert-OH is 1. The van der Waals surface area contributed by atoms with Gasteiger partial charge in [0.15, 0.2) is 0 Å².